The van der Waals surface area contributed by atoms with Gasteiger partial charge in [0.1, 0.15) is 6.10 Å². The Labute approximate surface area is 320 Å². The van der Waals surface area contributed by atoms with E-state index in [2.05, 4.69) is 17.9 Å². The fourth-order valence-electron chi connectivity index (χ4n) is 7.60. The molecule has 1 aromatic carbocycles. The zero-order chi connectivity index (χ0) is 38.9. The standard InChI is InChI=1S/C40H58ClN3O7S/c1-23-13-12-14-32(49-11)39(7)22-31(50-37(48)42-39)25(3)36-40(8,51-36)28(20-30(45)26(4)43(9)33(46)15-16-38(5,6)52)21-34(47)44(10)29-19-27(17-23)18-24(2)35(29)41/h12-14,18-19,25-26,28,31-32,36,52H,15-17,20-22H2,1-11H3,(H,42,48)/b14-12+,23-13+/t25-,26+,28+,31?,32-,36+,39-,40+/m1/s1. The van der Waals surface area contributed by atoms with E-state index >= 15 is 0 Å². The number of hydrogen-bond donors (Lipinski definition) is 2. The first-order valence-corrected chi connectivity index (χ1v) is 19.0. The SMILES string of the molecule is CO[C@@H]1/C=C/C=C(\C)Cc2cc(C)c(Cl)c(c2)N(C)C(=O)C[C@H](CC(=O)[C@H](C)N(C)C(=O)CCC(C)(C)S)[C@]2(C)O[C@H]2[C@H](C)C2C[C@@]1(C)NC(=O)O2. The number of halogens is 1. The maximum atomic E-state index is 14.2. The fourth-order valence-corrected chi connectivity index (χ4v) is 7.95. The van der Waals surface area contributed by atoms with Gasteiger partial charge in [0.15, 0.2) is 5.78 Å². The number of ketones is 1. The minimum absolute atomic E-state index is 0.00187. The van der Waals surface area contributed by atoms with Crippen LogP contribution < -0.4 is 10.2 Å². The number of carbonyl (C=O) groups is 4. The van der Waals surface area contributed by atoms with E-state index < -0.39 is 47.5 Å². The molecule has 1 aromatic rings. The van der Waals surface area contributed by atoms with Gasteiger partial charge in [-0.2, -0.15) is 12.6 Å². The number of carbonyl (C=O) groups excluding carboxylic acids is 4. The van der Waals surface area contributed by atoms with E-state index in [1.54, 1.807) is 33.0 Å². The highest BCUT2D eigenvalue weighted by molar-refractivity contribution is 7.81. The second-order valence-corrected chi connectivity index (χ2v) is 17.9. The summed E-state index contributed by atoms with van der Waals surface area (Å²) in [5.41, 5.74) is 1.84. The molecule has 2 fully saturated rings. The number of thiol groups is 1. The lowest BCUT2D eigenvalue weighted by atomic mass is 9.76. The lowest BCUT2D eigenvalue weighted by Gasteiger charge is -2.43. The van der Waals surface area contributed by atoms with Crippen molar-refractivity contribution in [3.05, 3.63) is 52.1 Å². The van der Waals surface area contributed by atoms with Crippen molar-refractivity contribution < 1.29 is 33.4 Å². The van der Waals surface area contributed by atoms with Gasteiger partial charge in [0.2, 0.25) is 11.8 Å². The maximum absolute atomic E-state index is 14.2. The largest absolute Gasteiger partial charge is 0.446 e. The molecule has 3 amide bonds. The van der Waals surface area contributed by atoms with Gasteiger partial charge in [0.05, 0.1) is 40.1 Å². The Morgan fingerprint density at radius 1 is 1.23 bits per heavy atom. The molecule has 0 aromatic heterocycles. The topological polar surface area (TPSA) is 118 Å². The number of alkyl carbamates (subject to hydrolysis) is 1. The van der Waals surface area contributed by atoms with Crippen molar-refractivity contribution in [1.29, 1.82) is 0 Å². The number of Topliss-reactive ketones (excluding diaryl/α,β-unsaturated/α-hetero) is 1. The highest BCUT2D eigenvalue weighted by Gasteiger charge is 2.62. The van der Waals surface area contributed by atoms with Crippen molar-refractivity contribution in [2.45, 2.75) is 134 Å². The molecule has 4 bridgehead atoms. The van der Waals surface area contributed by atoms with Crippen LogP contribution in [0.25, 0.3) is 0 Å². The van der Waals surface area contributed by atoms with E-state index in [0.29, 0.717) is 30.0 Å². The lowest BCUT2D eigenvalue weighted by molar-refractivity contribution is -0.138. The molecule has 0 spiro atoms. The predicted octanol–water partition coefficient (Wildman–Crippen LogP) is 7.04. The Hall–Kier alpha value is -2.86. The summed E-state index contributed by atoms with van der Waals surface area (Å²) >= 11 is 11.4. The third-order valence-electron chi connectivity index (χ3n) is 11.4. The summed E-state index contributed by atoms with van der Waals surface area (Å²) in [6, 6.07) is 3.24. The first-order valence-electron chi connectivity index (χ1n) is 18.2. The number of ether oxygens (including phenoxy) is 3. The van der Waals surface area contributed by atoms with Gasteiger partial charge in [-0.3, -0.25) is 14.4 Å². The molecule has 12 heteroatoms. The molecule has 288 valence electrons. The highest BCUT2D eigenvalue weighted by Crippen LogP contribution is 2.52. The number of nitrogens with zero attached hydrogens (tertiary/aromatic N) is 2. The van der Waals surface area contributed by atoms with Crippen LogP contribution in [0.1, 0.15) is 91.7 Å². The molecule has 10 nitrogen and oxygen atoms in total. The van der Waals surface area contributed by atoms with Crippen LogP contribution in [-0.2, 0) is 35.0 Å². The summed E-state index contributed by atoms with van der Waals surface area (Å²) in [4.78, 5) is 57.3. The van der Waals surface area contributed by atoms with Gasteiger partial charge in [-0.25, -0.2) is 4.79 Å². The number of likely N-dealkylation sites (N-methyl/N-ethyl adjacent to an activating group) is 1. The minimum Gasteiger partial charge on any atom is -0.446 e. The number of fused-ring (bicyclic) bond motifs is 5. The Kier molecular flexibility index (Phi) is 13.1. The summed E-state index contributed by atoms with van der Waals surface area (Å²) in [6.45, 7) is 15.4. The van der Waals surface area contributed by atoms with E-state index in [4.69, 9.17) is 25.8 Å². The molecule has 2 saturated heterocycles. The van der Waals surface area contributed by atoms with Gasteiger partial charge in [0, 0.05) is 63.5 Å². The Bertz CT molecular complexity index is 1610. The number of methoxy groups -OCH3 is 1. The summed E-state index contributed by atoms with van der Waals surface area (Å²) in [5, 5.41) is 3.47. The number of anilines is 1. The van der Waals surface area contributed by atoms with Gasteiger partial charge in [-0.15, -0.1) is 0 Å². The average molecular weight is 760 g/mol. The van der Waals surface area contributed by atoms with Crippen molar-refractivity contribution >= 4 is 53.6 Å². The van der Waals surface area contributed by atoms with Crippen molar-refractivity contribution in [1.82, 2.24) is 10.2 Å². The van der Waals surface area contributed by atoms with Crippen LogP contribution in [0.15, 0.2) is 35.9 Å². The van der Waals surface area contributed by atoms with Crippen LogP contribution in [0.4, 0.5) is 10.5 Å². The molecule has 52 heavy (non-hydrogen) atoms. The molecule has 8 atom stereocenters. The van der Waals surface area contributed by atoms with Gasteiger partial charge in [0.25, 0.3) is 0 Å². The third kappa shape index (κ3) is 9.62. The molecule has 3 aliphatic heterocycles. The molecular formula is C40H58ClN3O7S. The number of rotatable bonds is 8. The normalized spacial score (nSPS) is 32.1. The van der Waals surface area contributed by atoms with Crippen LogP contribution in [0.5, 0.6) is 0 Å². The highest BCUT2D eigenvalue weighted by atomic mass is 35.5. The van der Waals surface area contributed by atoms with E-state index in [-0.39, 0.29) is 47.5 Å². The second kappa shape index (κ2) is 16.2. The average Bonchev–Trinajstić information content (AvgIpc) is 3.76. The van der Waals surface area contributed by atoms with Crippen LogP contribution in [0, 0.1) is 18.8 Å². The molecule has 1 N–H and O–H groups in total. The zero-order valence-electron chi connectivity index (χ0n) is 32.7. The van der Waals surface area contributed by atoms with Gasteiger partial charge in [-0.1, -0.05) is 62.2 Å². The molecule has 1 unspecified atom stereocenters. The number of aryl methyl sites for hydroxylation is 1. The van der Waals surface area contributed by atoms with E-state index in [0.717, 1.165) is 16.7 Å². The number of allylic oxidation sites excluding steroid dienone is 3. The smallest absolute Gasteiger partial charge is 0.407 e. The number of nitrogens with one attached hydrogen (secondary N) is 1. The number of amides is 3. The molecule has 0 saturated carbocycles. The lowest BCUT2D eigenvalue weighted by Crippen LogP contribution is -2.61. The number of epoxide rings is 1. The molecule has 3 heterocycles. The Morgan fingerprint density at radius 3 is 2.54 bits per heavy atom. The Balaban J connectivity index is 1.72. The first kappa shape index (κ1) is 41.9. The monoisotopic (exact) mass is 759 g/mol. The van der Waals surface area contributed by atoms with Crippen LogP contribution >= 0.6 is 24.2 Å². The Morgan fingerprint density at radius 2 is 1.90 bits per heavy atom. The molecular weight excluding hydrogens is 702 g/mol. The van der Waals surface area contributed by atoms with E-state index in [1.807, 2.05) is 78.8 Å². The first-order chi connectivity index (χ1) is 24.1. The fraction of sp³-hybridized carbons (Fsp3) is 0.650. The summed E-state index contributed by atoms with van der Waals surface area (Å²) in [6.07, 6.45) is 5.88. The van der Waals surface area contributed by atoms with Gasteiger partial charge < -0.3 is 29.3 Å². The van der Waals surface area contributed by atoms with Crippen LogP contribution in [0.2, 0.25) is 5.02 Å². The van der Waals surface area contributed by atoms with Crippen LogP contribution in [-0.4, -0.2) is 90.0 Å². The molecule has 0 aliphatic carbocycles. The second-order valence-electron chi connectivity index (χ2n) is 16.3. The number of benzene rings is 1. The molecule has 0 radical (unpaired) electrons. The van der Waals surface area contributed by atoms with Gasteiger partial charge >= 0.3 is 6.09 Å². The molecule has 3 aliphatic rings. The molecule has 4 rings (SSSR count). The summed E-state index contributed by atoms with van der Waals surface area (Å²) in [5.74, 6) is -1.35. The minimum atomic E-state index is -0.885. The zero-order valence-corrected chi connectivity index (χ0v) is 34.3. The van der Waals surface area contributed by atoms with E-state index in [1.165, 1.54) is 4.90 Å². The van der Waals surface area contributed by atoms with Gasteiger partial charge in [-0.05, 0) is 64.7 Å². The van der Waals surface area contributed by atoms with E-state index in [9.17, 15) is 19.2 Å². The third-order valence-corrected chi connectivity index (χ3v) is 12.1. The maximum Gasteiger partial charge on any atom is 0.407 e. The summed E-state index contributed by atoms with van der Waals surface area (Å²) < 4.78 is 17.9. The van der Waals surface area contributed by atoms with Crippen molar-refractivity contribution in [2.75, 3.05) is 26.1 Å². The number of hydrogen-bond acceptors (Lipinski definition) is 8. The van der Waals surface area contributed by atoms with Crippen molar-refractivity contribution in [2.24, 2.45) is 11.8 Å². The van der Waals surface area contributed by atoms with Crippen molar-refractivity contribution in [3.8, 4) is 0 Å². The van der Waals surface area contributed by atoms with Crippen molar-refractivity contribution in [3.63, 3.8) is 0 Å². The quantitative estimate of drug-likeness (QED) is 0.216. The predicted molar refractivity (Wildman–Crippen MR) is 208 cm³/mol. The summed E-state index contributed by atoms with van der Waals surface area (Å²) in [7, 11) is 4.96. The van der Waals surface area contributed by atoms with Crippen LogP contribution in [0.3, 0.4) is 0 Å².